The van der Waals surface area contributed by atoms with Gasteiger partial charge in [0.2, 0.25) is 12.2 Å². The van der Waals surface area contributed by atoms with Gasteiger partial charge >= 0.3 is 11.9 Å². The minimum atomic E-state index is -1.68. The summed E-state index contributed by atoms with van der Waals surface area (Å²) in [4.78, 5) is 34.1. The predicted octanol–water partition coefficient (Wildman–Crippen LogP) is -3.13. The quantitative estimate of drug-likeness (QED) is 0.150. The van der Waals surface area contributed by atoms with Gasteiger partial charge < -0.3 is 56.3 Å². The van der Waals surface area contributed by atoms with E-state index in [2.05, 4.69) is 5.32 Å². The maximum absolute atomic E-state index is 12.2. The minimum Gasteiger partial charge on any atom is -0.504 e. The molecule has 1 heterocycles. The Hall–Kier alpha value is -3.01. The van der Waals surface area contributed by atoms with Gasteiger partial charge in [-0.3, -0.25) is 9.59 Å². The lowest BCUT2D eigenvalue weighted by molar-refractivity contribution is -0.277. The summed E-state index contributed by atoms with van der Waals surface area (Å²) in [6.45, 7) is -0.658. The molecule has 0 radical (unpaired) electrons. The van der Waals surface area contributed by atoms with E-state index in [1.165, 1.54) is 18.2 Å². The molecule has 0 spiro atoms. The molecule has 1 amide bonds. The van der Waals surface area contributed by atoms with E-state index in [1.807, 2.05) is 0 Å². The second-order valence-electron chi connectivity index (χ2n) is 7.76. The van der Waals surface area contributed by atoms with Crippen LogP contribution in [-0.4, -0.2) is 103 Å². The molecule has 1 fully saturated rings. The van der Waals surface area contributed by atoms with Crippen molar-refractivity contribution in [2.24, 2.45) is 5.73 Å². The van der Waals surface area contributed by atoms with E-state index in [4.69, 9.17) is 25.4 Å². The van der Waals surface area contributed by atoms with Gasteiger partial charge in [-0.2, -0.15) is 0 Å². The lowest BCUT2D eigenvalue weighted by atomic mass is 9.99. The number of ether oxygens (including phenoxy) is 2. The highest BCUT2D eigenvalue weighted by molar-refractivity contribution is 5.87. The van der Waals surface area contributed by atoms with E-state index in [-0.39, 0.29) is 18.6 Å². The molecule has 190 valence electrons. The highest BCUT2D eigenvalue weighted by atomic mass is 16.7. The zero-order valence-electron chi connectivity index (χ0n) is 17.9. The van der Waals surface area contributed by atoms with Gasteiger partial charge in [-0.05, 0) is 30.5 Å². The molecule has 14 nitrogen and oxygen atoms in total. The molecule has 0 aliphatic carbocycles. The summed E-state index contributed by atoms with van der Waals surface area (Å²) < 4.78 is 10.6. The van der Waals surface area contributed by atoms with E-state index in [0.29, 0.717) is 5.56 Å². The minimum absolute atomic E-state index is 0.120. The number of nitrogens with two attached hydrogens (primary N) is 1. The van der Waals surface area contributed by atoms with E-state index in [1.54, 1.807) is 0 Å². The first-order valence-electron chi connectivity index (χ1n) is 10.2. The van der Waals surface area contributed by atoms with Gasteiger partial charge in [0.1, 0.15) is 30.5 Å². The fourth-order valence-corrected chi connectivity index (χ4v) is 3.23. The monoisotopic (exact) mass is 488 g/mol. The van der Waals surface area contributed by atoms with Crippen LogP contribution in [0.3, 0.4) is 0 Å². The molecule has 34 heavy (non-hydrogen) atoms. The number of aliphatic hydroxyl groups excluding tert-OH is 4. The van der Waals surface area contributed by atoms with Gasteiger partial charge in [0.25, 0.3) is 0 Å². The number of hydrogen-bond donors (Lipinski definition) is 9. The molecule has 1 aromatic rings. The van der Waals surface area contributed by atoms with E-state index >= 15 is 0 Å². The smallest absolute Gasteiger partial charge is 0.326 e. The molecular formula is C20H28N2O12. The number of carboxylic acids is 2. The van der Waals surface area contributed by atoms with Crippen molar-refractivity contribution in [1.29, 1.82) is 0 Å². The van der Waals surface area contributed by atoms with Crippen LogP contribution < -0.4 is 15.8 Å². The van der Waals surface area contributed by atoms with Gasteiger partial charge in [0, 0.05) is 6.42 Å². The predicted molar refractivity (Wildman–Crippen MR) is 111 cm³/mol. The summed E-state index contributed by atoms with van der Waals surface area (Å²) >= 11 is 0. The number of nitrogens with one attached hydrogen (secondary N) is 1. The Labute approximate surface area is 193 Å². The van der Waals surface area contributed by atoms with E-state index < -0.39 is 79.4 Å². The van der Waals surface area contributed by atoms with Crippen molar-refractivity contribution in [2.75, 3.05) is 6.61 Å². The van der Waals surface area contributed by atoms with Crippen molar-refractivity contribution in [3.63, 3.8) is 0 Å². The molecule has 1 aromatic carbocycles. The fraction of sp³-hybridized carbons (Fsp3) is 0.550. The summed E-state index contributed by atoms with van der Waals surface area (Å²) in [6.07, 6.45) is -8.55. The maximum Gasteiger partial charge on any atom is 0.326 e. The lowest BCUT2D eigenvalue weighted by Crippen LogP contribution is -2.60. The molecule has 1 saturated heterocycles. The summed E-state index contributed by atoms with van der Waals surface area (Å²) in [6, 6.07) is 1.24. The van der Waals surface area contributed by atoms with Crippen molar-refractivity contribution in [2.45, 2.75) is 62.1 Å². The number of rotatable bonds is 11. The molecular weight excluding hydrogens is 460 g/mol. The fourth-order valence-electron chi connectivity index (χ4n) is 3.23. The van der Waals surface area contributed by atoms with Crippen LogP contribution >= 0.6 is 0 Å². The molecule has 7 atom stereocenters. The first-order valence-corrected chi connectivity index (χ1v) is 10.2. The summed E-state index contributed by atoms with van der Waals surface area (Å²) in [5, 5.41) is 69.1. The van der Waals surface area contributed by atoms with Crippen molar-refractivity contribution in [1.82, 2.24) is 5.32 Å². The number of carbonyl (C=O) groups is 3. The second-order valence-corrected chi connectivity index (χ2v) is 7.76. The number of phenols is 1. The second kappa shape index (κ2) is 11.9. The number of aliphatic carboxylic acids is 2. The Kier molecular flexibility index (Phi) is 9.55. The van der Waals surface area contributed by atoms with Crippen LogP contribution in [0.4, 0.5) is 0 Å². The maximum atomic E-state index is 12.2. The lowest BCUT2D eigenvalue weighted by Gasteiger charge is -2.39. The first-order chi connectivity index (χ1) is 15.9. The summed E-state index contributed by atoms with van der Waals surface area (Å²) in [5.41, 5.74) is 6.17. The highest BCUT2D eigenvalue weighted by Gasteiger charge is 2.44. The van der Waals surface area contributed by atoms with Crippen LogP contribution in [0.25, 0.3) is 0 Å². The van der Waals surface area contributed by atoms with Crippen molar-refractivity contribution in [3.05, 3.63) is 23.8 Å². The standard InChI is InChI=1S/C20H28N2O12/c21-9(18(30)22-10(19(31)32)2-4-14(25)26)5-8-1-3-12(11(24)6-8)33-20-17(29)16(28)15(27)13(7-23)34-20/h1,3,6,9-10,13,15-17,20,23-24,27-29H,2,4-5,7,21H2,(H,22,30)(H,25,26)(H,31,32)/t9-,10-,13+,15+,16-,17+,20?/m0/s1. The third-order valence-electron chi connectivity index (χ3n) is 5.17. The first kappa shape index (κ1) is 27.2. The number of aliphatic hydroxyl groups is 4. The Bertz CT molecular complexity index is 879. The van der Waals surface area contributed by atoms with Crippen LogP contribution in [-0.2, 0) is 25.5 Å². The summed E-state index contributed by atoms with van der Waals surface area (Å²) in [5.74, 6) is -4.07. The Morgan fingerprint density at radius 2 is 1.79 bits per heavy atom. The van der Waals surface area contributed by atoms with Gasteiger partial charge in [-0.25, -0.2) is 4.79 Å². The van der Waals surface area contributed by atoms with Crippen molar-refractivity contribution >= 4 is 17.8 Å². The molecule has 14 heteroatoms. The Morgan fingerprint density at radius 1 is 1.12 bits per heavy atom. The topological polar surface area (TPSA) is 249 Å². The van der Waals surface area contributed by atoms with Crippen LogP contribution in [0.5, 0.6) is 11.5 Å². The van der Waals surface area contributed by atoms with Crippen LogP contribution in [0.2, 0.25) is 0 Å². The Morgan fingerprint density at radius 3 is 2.35 bits per heavy atom. The van der Waals surface area contributed by atoms with Crippen molar-refractivity contribution < 1.29 is 59.6 Å². The molecule has 2 rings (SSSR count). The average Bonchev–Trinajstić information content (AvgIpc) is 2.77. The average molecular weight is 488 g/mol. The molecule has 10 N–H and O–H groups in total. The molecule has 0 aromatic heterocycles. The number of benzene rings is 1. The van der Waals surface area contributed by atoms with Gasteiger partial charge in [-0.1, -0.05) is 6.07 Å². The van der Waals surface area contributed by atoms with Crippen LogP contribution in [0, 0.1) is 0 Å². The van der Waals surface area contributed by atoms with Gasteiger partial charge in [0.15, 0.2) is 11.5 Å². The number of phenolic OH excluding ortho intramolecular Hbond substituents is 1. The zero-order chi connectivity index (χ0) is 25.6. The molecule has 1 aliphatic heterocycles. The third kappa shape index (κ3) is 6.99. The highest BCUT2D eigenvalue weighted by Crippen LogP contribution is 2.31. The Balaban J connectivity index is 2.01. The van der Waals surface area contributed by atoms with Crippen molar-refractivity contribution in [3.8, 4) is 11.5 Å². The molecule has 1 unspecified atom stereocenters. The normalized spacial score (nSPS) is 26.3. The molecule has 0 saturated carbocycles. The van der Waals surface area contributed by atoms with Crippen LogP contribution in [0.1, 0.15) is 18.4 Å². The number of amides is 1. The van der Waals surface area contributed by atoms with E-state index in [9.17, 15) is 39.9 Å². The van der Waals surface area contributed by atoms with Crippen LogP contribution in [0.15, 0.2) is 18.2 Å². The van der Waals surface area contributed by atoms with Gasteiger partial charge in [0.05, 0.1) is 12.6 Å². The SMILES string of the molecule is N[C@@H](Cc1ccc(OC2O[C@H](CO)[C@@H](O)[C@H](O)[C@H]2O)c(O)c1)C(=O)N[C@@H](CCC(=O)O)C(=O)O. The largest absolute Gasteiger partial charge is 0.504 e. The number of hydrogen-bond acceptors (Lipinski definition) is 11. The molecule has 0 bridgehead atoms. The summed E-state index contributed by atoms with van der Waals surface area (Å²) in [7, 11) is 0. The number of carboxylic acid groups (broad SMARTS) is 2. The third-order valence-corrected chi connectivity index (χ3v) is 5.17. The zero-order valence-corrected chi connectivity index (χ0v) is 17.9. The van der Waals surface area contributed by atoms with E-state index in [0.717, 1.165) is 0 Å². The van der Waals surface area contributed by atoms with Gasteiger partial charge in [-0.15, -0.1) is 0 Å². The number of aromatic hydroxyl groups is 1. The molecule has 1 aliphatic rings. The number of carbonyl (C=O) groups excluding carboxylic acids is 1.